The lowest BCUT2D eigenvalue weighted by Gasteiger charge is -1.61. The monoisotopic (exact) mass is 84.0 g/mol. The lowest BCUT2D eigenvalue weighted by atomic mass is 14.0. The zero-order chi connectivity index (χ0) is 3.41. The third-order valence-corrected chi connectivity index (χ3v) is 0.0238. The van der Waals surface area contributed by atoms with Crippen molar-refractivity contribution in [1.82, 2.24) is 6.15 Å². The summed E-state index contributed by atoms with van der Waals surface area (Å²) < 4.78 is 19.2. The molecule has 0 aromatic carbocycles. The molecule has 0 N–H and O–H groups in total. The quantitative estimate of drug-likeness (QED) is 0.337. The molecule has 0 spiro atoms. The molecule has 0 unspecified atom stereocenters. The summed E-state index contributed by atoms with van der Waals surface area (Å²) in [6, 6.07) is 0. The zero-order valence-corrected chi connectivity index (χ0v) is 2.02. The van der Waals surface area contributed by atoms with E-state index in [2.05, 4.69) is 0 Å². The van der Waals surface area contributed by atoms with Gasteiger partial charge in [-0.05, 0) is 9.05 Å². The van der Waals surface area contributed by atoms with Crippen LogP contribution >= 0.6 is 0 Å². The van der Waals surface area contributed by atoms with Gasteiger partial charge in [-0.1, -0.05) is 0 Å². The molecule has 0 aliphatic carbocycles. The van der Waals surface area contributed by atoms with Gasteiger partial charge in [-0.25, -0.2) is 0 Å². The highest BCUT2D eigenvalue weighted by Crippen LogP contribution is 1.71. The Kier molecular flexibility index (Phi) is 16.4. The second-order valence-corrected chi connectivity index (χ2v) is 0.126. The highest BCUT2D eigenvalue weighted by atomic mass is 19.4. The van der Waals surface area contributed by atoms with Crippen molar-refractivity contribution in [3.63, 3.8) is 0 Å². The van der Waals surface area contributed by atoms with Crippen LogP contribution in [0.1, 0.15) is 0 Å². The van der Waals surface area contributed by atoms with Gasteiger partial charge in [-0.3, -0.25) is 0 Å². The molecule has 0 fully saturated rings. The van der Waals surface area contributed by atoms with Gasteiger partial charge in [0, 0.05) is 16.3 Å². The van der Waals surface area contributed by atoms with Crippen LogP contribution < -0.4 is 6.15 Å². The molecular formula is F2NO2. The first-order valence-corrected chi connectivity index (χ1v) is 0.475. The maximum atomic E-state index is 9.62. The Morgan fingerprint density at radius 2 is 1.20 bits per heavy atom. The van der Waals surface area contributed by atoms with Gasteiger partial charge in [0.2, 0.25) is 0 Å². The van der Waals surface area contributed by atoms with Crippen LogP contribution in [0.2, 0.25) is 0 Å². The lowest BCUT2D eigenvalue weighted by Crippen LogP contribution is -1.57. The van der Waals surface area contributed by atoms with E-state index in [0.717, 1.165) is 0 Å². The van der Waals surface area contributed by atoms with Crippen molar-refractivity contribution in [2.24, 2.45) is 0 Å². The topological polar surface area (TPSA) is 49.0 Å². The molecule has 0 heterocycles. The van der Waals surface area contributed by atoms with E-state index in [9.17, 15) is 9.05 Å². The Balaban J connectivity index is 0. The summed E-state index contributed by atoms with van der Waals surface area (Å²) in [4.78, 5) is 0. The fraction of sp³-hybridized carbons (Fsp3) is 0. The van der Waals surface area contributed by atoms with Gasteiger partial charge in [0.05, 0.1) is 0 Å². The first-order valence-electron chi connectivity index (χ1n) is 0.475. The molecule has 5 heteroatoms. The summed E-state index contributed by atoms with van der Waals surface area (Å²) in [5, 5.41) is 3.75. The summed E-state index contributed by atoms with van der Waals surface area (Å²) >= 11 is 0. The van der Waals surface area contributed by atoms with Gasteiger partial charge in [-0.2, -0.15) is 0 Å². The van der Waals surface area contributed by atoms with Crippen LogP contribution in [-0.2, 0) is 10.2 Å². The predicted octanol–water partition coefficient (Wildman–Crippen LogP) is 0.223. The molecular weight excluding hydrogens is 84.0 g/mol. The molecule has 0 bridgehead atoms. The summed E-state index contributed by atoms with van der Waals surface area (Å²) in [5.41, 5.74) is 0. The van der Waals surface area contributed by atoms with Crippen molar-refractivity contribution in [2.45, 2.75) is 0 Å². The molecule has 31 valence electrons. The molecule has 0 aliphatic heterocycles. The van der Waals surface area contributed by atoms with Crippen LogP contribution in [0.15, 0.2) is 0 Å². The van der Waals surface area contributed by atoms with Crippen LogP contribution in [0, 0.1) is 0 Å². The first-order chi connectivity index (χ1) is 1.91. The number of halogens is 2. The van der Waals surface area contributed by atoms with Gasteiger partial charge < -0.3 is 0 Å². The molecule has 0 saturated heterocycles. The lowest BCUT2D eigenvalue weighted by molar-refractivity contribution is -0.526. The molecule has 3 radical (unpaired) electrons. The highest BCUT2D eigenvalue weighted by molar-refractivity contribution is 2.71. The number of hydrogen-bond donors (Lipinski definition) is 0. The van der Waals surface area contributed by atoms with Crippen LogP contribution in [0.5, 0.6) is 0 Å². The summed E-state index contributed by atoms with van der Waals surface area (Å²) in [6.07, 6.45) is 0. The van der Waals surface area contributed by atoms with E-state index in [1.54, 1.807) is 0 Å². The molecule has 0 aromatic heterocycles. The molecule has 3 nitrogen and oxygen atoms in total. The highest BCUT2D eigenvalue weighted by Gasteiger charge is 1.62. The van der Waals surface area contributed by atoms with Gasteiger partial charge in [0.15, 0.2) is 0 Å². The van der Waals surface area contributed by atoms with Crippen molar-refractivity contribution in [2.75, 3.05) is 0 Å². The average molecular weight is 84.0 g/mol. The maximum Gasteiger partial charge on any atom is 0.0122 e. The van der Waals surface area contributed by atoms with Gasteiger partial charge >= 0.3 is 0 Å². The van der Waals surface area contributed by atoms with Crippen molar-refractivity contribution in [3.8, 4) is 0 Å². The minimum absolute atomic E-state index is 0. The van der Waals surface area contributed by atoms with Crippen molar-refractivity contribution in [1.29, 1.82) is 0 Å². The van der Waals surface area contributed by atoms with E-state index in [1.165, 1.54) is 0 Å². The SMILES string of the molecule is FOOF.[N]. The van der Waals surface area contributed by atoms with E-state index in [4.69, 9.17) is 0 Å². The minimum atomic E-state index is 0. The van der Waals surface area contributed by atoms with Gasteiger partial charge in [0.25, 0.3) is 0 Å². The molecule has 0 amide bonds. The standard InChI is InChI=1S/F2O2.N/c1-3-4-2;. The first kappa shape index (κ1) is 8.83. The Labute approximate surface area is 26.8 Å². The molecule has 0 aromatic rings. The Bertz CT molecular complexity index is 9.61. The number of rotatable bonds is 1. The molecule has 0 rings (SSSR count). The Morgan fingerprint density at radius 1 is 1.00 bits per heavy atom. The van der Waals surface area contributed by atoms with E-state index >= 15 is 0 Å². The molecule has 0 aliphatic rings. The van der Waals surface area contributed by atoms with Gasteiger partial charge in [-0.15, -0.1) is 0 Å². The fourth-order valence-corrected chi connectivity index (χ4v) is 0. The Hall–Kier alpha value is -0.260. The second-order valence-electron chi connectivity index (χ2n) is 0.126. The van der Waals surface area contributed by atoms with Crippen LogP contribution in [0.4, 0.5) is 9.05 Å². The fourth-order valence-electron chi connectivity index (χ4n) is 0. The third-order valence-electron chi connectivity index (χ3n) is 0.0238. The van der Waals surface area contributed by atoms with Crippen LogP contribution in [-0.4, -0.2) is 0 Å². The van der Waals surface area contributed by atoms with E-state index in [1.807, 2.05) is 10.2 Å². The van der Waals surface area contributed by atoms with E-state index < -0.39 is 0 Å². The van der Waals surface area contributed by atoms with Crippen molar-refractivity contribution >= 4 is 0 Å². The molecule has 0 atom stereocenters. The average Bonchev–Trinajstić information content (AvgIpc) is 1.37. The number of hydrogen-bond acceptors (Lipinski definition) is 2. The van der Waals surface area contributed by atoms with Gasteiger partial charge in [0.1, 0.15) is 0 Å². The normalized spacial score (nSPS) is 6.00. The summed E-state index contributed by atoms with van der Waals surface area (Å²) in [6.45, 7) is 0. The minimum Gasteiger partial charge on any atom is -0.0122 e. The third kappa shape index (κ3) is 20.7. The molecule has 0 saturated carbocycles. The van der Waals surface area contributed by atoms with E-state index in [-0.39, 0.29) is 6.15 Å². The second kappa shape index (κ2) is 9.27. The molecule has 5 heavy (non-hydrogen) atoms. The van der Waals surface area contributed by atoms with Crippen molar-refractivity contribution in [3.05, 3.63) is 0 Å². The maximum absolute atomic E-state index is 9.62. The summed E-state index contributed by atoms with van der Waals surface area (Å²) in [5.74, 6) is 0. The number of nitrogens with zero attached hydrogens (tertiary/aromatic N) is 1. The van der Waals surface area contributed by atoms with Crippen LogP contribution in [0.25, 0.3) is 0 Å². The zero-order valence-electron chi connectivity index (χ0n) is 2.02. The summed E-state index contributed by atoms with van der Waals surface area (Å²) in [7, 11) is 0. The Morgan fingerprint density at radius 3 is 1.20 bits per heavy atom. The van der Waals surface area contributed by atoms with Crippen LogP contribution in [0.3, 0.4) is 0 Å². The predicted molar refractivity (Wildman–Crippen MR) is 6.52 cm³/mol. The smallest absolute Gasteiger partial charge is 0.0122 e. The van der Waals surface area contributed by atoms with Crippen molar-refractivity contribution < 1.29 is 19.2 Å². The van der Waals surface area contributed by atoms with E-state index in [0.29, 0.717) is 0 Å². The largest absolute Gasteiger partial charge is 0.0122 e.